The van der Waals surface area contributed by atoms with Crippen LogP contribution in [0.5, 0.6) is 0 Å². The van der Waals surface area contributed by atoms with Gasteiger partial charge in [0.15, 0.2) is 5.82 Å². The van der Waals surface area contributed by atoms with E-state index in [1.165, 1.54) is 4.57 Å². The van der Waals surface area contributed by atoms with Crippen LogP contribution in [0.3, 0.4) is 0 Å². The van der Waals surface area contributed by atoms with E-state index in [-0.39, 0.29) is 5.69 Å². The highest BCUT2D eigenvalue weighted by molar-refractivity contribution is 5.53. The summed E-state index contributed by atoms with van der Waals surface area (Å²) in [6.45, 7) is 5.46. The quantitative estimate of drug-likeness (QED) is 0.601. The van der Waals surface area contributed by atoms with E-state index < -0.39 is 0 Å². The molecule has 0 unspecified atom stereocenters. The molecule has 0 radical (unpaired) electrons. The number of nitrogens with one attached hydrogen (secondary N) is 1. The maximum absolute atomic E-state index is 10.7. The van der Waals surface area contributed by atoms with Gasteiger partial charge in [-0.05, 0) is 12.5 Å². The maximum atomic E-state index is 10.7. The van der Waals surface area contributed by atoms with Gasteiger partial charge in [0, 0.05) is 7.05 Å². The number of aromatic amines is 1. The predicted molar refractivity (Wildman–Crippen MR) is 38.5 cm³/mol. The molecule has 0 aliphatic rings. The largest absolute Gasteiger partial charge is 0.343 e. The molecule has 1 heterocycles. The molecule has 0 aromatic carbocycles. The Kier molecular flexibility index (Phi) is 1.45. The summed E-state index contributed by atoms with van der Waals surface area (Å²) in [5.41, 5.74) is 0.568. The normalized spacial score (nSPS) is 9.80. The van der Waals surface area contributed by atoms with Gasteiger partial charge in [0.25, 0.3) is 0 Å². The van der Waals surface area contributed by atoms with Crippen molar-refractivity contribution in [1.29, 1.82) is 0 Å². The minimum Gasteiger partial charge on any atom is -0.279 e. The van der Waals surface area contributed by atoms with Crippen molar-refractivity contribution in [2.75, 3.05) is 0 Å². The van der Waals surface area contributed by atoms with Crippen molar-refractivity contribution in [3.63, 3.8) is 0 Å². The lowest BCUT2D eigenvalue weighted by Crippen LogP contribution is -2.13. The maximum Gasteiger partial charge on any atom is 0.343 e. The zero-order valence-electron chi connectivity index (χ0n) is 6.01. The molecular formula is C6H9N3O. The third-order valence-electron chi connectivity index (χ3n) is 1.26. The summed E-state index contributed by atoms with van der Waals surface area (Å²) in [5.74, 6) is 0.602. The van der Waals surface area contributed by atoms with Crippen molar-refractivity contribution >= 4 is 5.57 Å². The molecule has 1 aromatic heterocycles. The van der Waals surface area contributed by atoms with E-state index >= 15 is 0 Å². The van der Waals surface area contributed by atoms with E-state index in [9.17, 15) is 4.79 Å². The Morgan fingerprint density at radius 3 is 2.60 bits per heavy atom. The van der Waals surface area contributed by atoms with Gasteiger partial charge in [-0.25, -0.2) is 9.89 Å². The van der Waals surface area contributed by atoms with Crippen molar-refractivity contribution in [2.24, 2.45) is 7.05 Å². The molecule has 4 nitrogen and oxygen atoms in total. The Labute approximate surface area is 58.2 Å². The Hall–Kier alpha value is -1.32. The van der Waals surface area contributed by atoms with Crippen LogP contribution in [0.15, 0.2) is 11.4 Å². The summed E-state index contributed by atoms with van der Waals surface area (Å²) in [4.78, 5) is 10.7. The highest BCUT2D eigenvalue weighted by Gasteiger charge is 2.01. The second-order valence-electron chi connectivity index (χ2n) is 2.19. The Balaban J connectivity index is 3.31. The van der Waals surface area contributed by atoms with Gasteiger partial charge in [0.2, 0.25) is 0 Å². The van der Waals surface area contributed by atoms with E-state index in [1.807, 2.05) is 0 Å². The second kappa shape index (κ2) is 2.13. The first-order valence-corrected chi connectivity index (χ1v) is 2.90. The summed E-state index contributed by atoms with van der Waals surface area (Å²) in [6.07, 6.45) is 0. The van der Waals surface area contributed by atoms with Crippen LogP contribution in [-0.4, -0.2) is 14.8 Å². The van der Waals surface area contributed by atoms with Crippen LogP contribution in [0, 0.1) is 0 Å². The van der Waals surface area contributed by atoms with Crippen LogP contribution in [-0.2, 0) is 7.05 Å². The van der Waals surface area contributed by atoms with Crippen molar-refractivity contribution in [2.45, 2.75) is 6.92 Å². The van der Waals surface area contributed by atoms with Crippen LogP contribution in [0.4, 0.5) is 0 Å². The fourth-order valence-corrected chi connectivity index (χ4v) is 0.729. The monoisotopic (exact) mass is 139 g/mol. The number of hydrogen-bond donors (Lipinski definition) is 1. The number of H-pyrrole nitrogens is 1. The number of rotatable bonds is 1. The van der Waals surface area contributed by atoms with Crippen LogP contribution >= 0.6 is 0 Å². The van der Waals surface area contributed by atoms with Gasteiger partial charge in [-0.2, -0.15) is 5.10 Å². The average molecular weight is 139 g/mol. The van der Waals surface area contributed by atoms with Gasteiger partial charge in [-0.15, -0.1) is 0 Å². The highest BCUT2D eigenvalue weighted by atomic mass is 16.1. The molecule has 0 saturated heterocycles. The van der Waals surface area contributed by atoms with E-state index in [0.717, 1.165) is 5.57 Å². The lowest BCUT2D eigenvalue weighted by molar-refractivity contribution is 0.847. The van der Waals surface area contributed by atoms with Crippen LogP contribution in [0.2, 0.25) is 0 Å². The predicted octanol–water partition coefficient (Wildman–Crippen LogP) is 0.141. The summed E-state index contributed by atoms with van der Waals surface area (Å²) in [6, 6.07) is 0. The zero-order chi connectivity index (χ0) is 7.72. The smallest absolute Gasteiger partial charge is 0.279 e. The average Bonchev–Trinajstić information content (AvgIpc) is 2.14. The summed E-state index contributed by atoms with van der Waals surface area (Å²) in [5, 5.41) is 6.06. The van der Waals surface area contributed by atoms with Gasteiger partial charge in [-0.3, -0.25) is 4.57 Å². The summed E-state index contributed by atoms with van der Waals surface area (Å²) >= 11 is 0. The first kappa shape index (κ1) is 6.80. The summed E-state index contributed by atoms with van der Waals surface area (Å²) in [7, 11) is 1.65. The zero-order valence-corrected chi connectivity index (χ0v) is 6.01. The molecule has 0 spiro atoms. The lowest BCUT2D eigenvalue weighted by Gasteiger charge is -1.93. The fraction of sp³-hybridized carbons (Fsp3) is 0.333. The van der Waals surface area contributed by atoms with Crippen LogP contribution in [0.1, 0.15) is 12.7 Å². The Bertz CT molecular complexity index is 307. The minimum absolute atomic E-state index is 0.210. The first-order valence-electron chi connectivity index (χ1n) is 2.90. The van der Waals surface area contributed by atoms with E-state index in [0.29, 0.717) is 5.82 Å². The van der Waals surface area contributed by atoms with Crippen molar-refractivity contribution < 1.29 is 0 Å². The van der Waals surface area contributed by atoms with E-state index in [1.54, 1.807) is 14.0 Å². The number of aromatic nitrogens is 3. The Morgan fingerprint density at radius 1 is 1.80 bits per heavy atom. The molecule has 54 valence electrons. The summed E-state index contributed by atoms with van der Waals surface area (Å²) < 4.78 is 1.42. The third kappa shape index (κ3) is 0.877. The molecule has 0 aliphatic carbocycles. The van der Waals surface area contributed by atoms with Crippen molar-refractivity contribution in [3.05, 3.63) is 22.9 Å². The molecule has 0 fully saturated rings. The first-order chi connectivity index (χ1) is 4.63. The van der Waals surface area contributed by atoms with Crippen molar-refractivity contribution in [1.82, 2.24) is 14.8 Å². The van der Waals surface area contributed by atoms with E-state index in [4.69, 9.17) is 0 Å². The second-order valence-corrected chi connectivity index (χ2v) is 2.19. The molecule has 0 bridgehead atoms. The van der Waals surface area contributed by atoms with Gasteiger partial charge >= 0.3 is 5.69 Å². The lowest BCUT2D eigenvalue weighted by atomic mass is 10.3. The van der Waals surface area contributed by atoms with Gasteiger partial charge in [0.05, 0.1) is 0 Å². The molecule has 0 saturated carbocycles. The fourth-order valence-electron chi connectivity index (χ4n) is 0.729. The SMILES string of the molecule is C=C(C)c1n[nH]c(=O)n1C. The molecule has 0 amide bonds. The van der Waals surface area contributed by atoms with Gasteiger partial charge < -0.3 is 0 Å². The Morgan fingerprint density at radius 2 is 2.40 bits per heavy atom. The number of hydrogen-bond acceptors (Lipinski definition) is 2. The number of nitrogens with zero attached hydrogens (tertiary/aromatic N) is 2. The van der Waals surface area contributed by atoms with E-state index in [2.05, 4.69) is 16.8 Å². The number of allylic oxidation sites excluding steroid dienone is 1. The third-order valence-corrected chi connectivity index (χ3v) is 1.26. The van der Waals surface area contributed by atoms with Gasteiger partial charge in [-0.1, -0.05) is 6.58 Å². The highest BCUT2D eigenvalue weighted by Crippen LogP contribution is 2.01. The standard InChI is InChI=1S/C6H9N3O/c1-4(2)5-7-8-6(10)9(5)3/h1H2,2-3H3,(H,8,10). The molecule has 4 heteroatoms. The van der Waals surface area contributed by atoms with Gasteiger partial charge in [0.1, 0.15) is 0 Å². The molecule has 0 atom stereocenters. The molecule has 1 rings (SSSR count). The molecule has 0 aliphatic heterocycles. The topological polar surface area (TPSA) is 50.7 Å². The van der Waals surface area contributed by atoms with Crippen LogP contribution < -0.4 is 5.69 Å². The molecule has 1 aromatic rings. The molecule has 1 N–H and O–H groups in total. The molecular weight excluding hydrogens is 130 g/mol. The van der Waals surface area contributed by atoms with Crippen LogP contribution in [0.25, 0.3) is 5.57 Å². The van der Waals surface area contributed by atoms with Crippen molar-refractivity contribution in [3.8, 4) is 0 Å². The molecule has 10 heavy (non-hydrogen) atoms. The minimum atomic E-state index is -0.210.